The van der Waals surface area contributed by atoms with Crippen LogP contribution in [-0.4, -0.2) is 29.3 Å². The van der Waals surface area contributed by atoms with Crippen LogP contribution in [0.25, 0.3) is 0 Å². The van der Waals surface area contributed by atoms with Gasteiger partial charge >= 0.3 is 0 Å². The van der Waals surface area contributed by atoms with Gasteiger partial charge in [-0.1, -0.05) is 6.92 Å². The Morgan fingerprint density at radius 2 is 2.33 bits per heavy atom. The summed E-state index contributed by atoms with van der Waals surface area (Å²) in [7, 11) is 1.50. The number of anilines is 1. The van der Waals surface area contributed by atoms with Crippen LogP contribution in [0.4, 0.5) is 5.82 Å². The van der Waals surface area contributed by atoms with Crippen LogP contribution in [0.5, 0.6) is 0 Å². The Hall–Kier alpha value is -1.36. The zero-order valence-corrected chi connectivity index (χ0v) is 9.55. The molecule has 1 atom stereocenters. The van der Waals surface area contributed by atoms with Crippen LogP contribution in [-0.2, 0) is 16.0 Å². The fourth-order valence-electron chi connectivity index (χ4n) is 1.23. The Morgan fingerprint density at radius 1 is 1.67 bits per heavy atom. The molecule has 0 spiro atoms. The number of hydrogen-bond donors (Lipinski definition) is 2. The molecule has 5 heteroatoms. The van der Waals surface area contributed by atoms with E-state index in [2.05, 4.69) is 15.5 Å². The molecule has 2 N–H and O–H groups in total. The Labute approximate surface area is 89.2 Å². The maximum atomic E-state index is 11.5. The number of nitrogens with zero attached hydrogens (tertiary/aromatic N) is 1. The van der Waals surface area contributed by atoms with Gasteiger partial charge in [0.15, 0.2) is 5.82 Å². The van der Waals surface area contributed by atoms with E-state index in [1.54, 1.807) is 6.92 Å². The molecule has 15 heavy (non-hydrogen) atoms. The van der Waals surface area contributed by atoms with Crippen molar-refractivity contribution in [1.82, 2.24) is 10.2 Å². The highest BCUT2D eigenvalue weighted by Gasteiger charge is 2.15. The summed E-state index contributed by atoms with van der Waals surface area (Å²) < 4.78 is 4.91. The predicted molar refractivity (Wildman–Crippen MR) is 57.8 cm³/mol. The summed E-state index contributed by atoms with van der Waals surface area (Å²) in [5.74, 6) is 0.399. The second kappa shape index (κ2) is 4.93. The molecule has 0 aliphatic heterocycles. The number of aromatic amines is 1. The van der Waals surface area contributed by atoms with Crippen molar-refractivity contribution in [2.45, 2.75) is 33.3 Å². The van der Waals surface area contributed by atoms with Gasteiger partial charge in [-0.3, -0.25) is 9.89 Å². The Bertz CT molecular complexity index is 346. The van der Waals surface area contributed by atoms with Crippen molar-refractivity contribution < 1.29 is 9.53 Å². The lowest BCUT2D eigenvalue weighted by molar-refractivity contribution is -0.124. The molecule has 0 bridgehead atoms. The van der Waals surface area contributed by atoms with Gasteiger partial charge in [-0.15, -0.1) is 0 Å². The average Bonchev–Trinajstić information content (AvgIpc) is 2.58. The molecule has 0 radical (unpaired) electrons. The highest BCUT2D eigenvalue weighted by atomic mass is 16.5. The van der Waals surface area contributed by atoms with Crippen LogP contribution in [0.15, 0.2) is 0 Å². The van der Waals surface area contributed by atoms with Crippen molar-refractivity contribution in [3.63, 3.8) is 0 Å². The molecule has 0 unspecified atom stereocenters. The minimum Gasteiger partial charge on any atom is -0.372 e. The summed E-state index contributed by atoms with van der Waals surface area (Å²) >= 11 is 0. The van der Waals surface area contributed by atoms with Crippen molar-refractivity contribution in [3.8, 4) is 0 Å². The zero-order chi connectivity index (χ0) is 11.4. The van der Waals surface area contributed by atoms with Crippen LogP contribution in [0.3, 0.4) is 0 Å². The number of carbonyl (C=O) groups excluding carboxylic acids is 1. The molecular weight excluding hydrogens is 194 g/mol. The second-order valence-electron chi connectivity index (χ2n) is 3.40. The number of aryl methyl sites for hydroxylation is 1. The molecule has 0 aliphatic rings. The normalized spacial score (nSPS) is 12.5. The largest absolute Gasteiger partial charge is 0.372 e. The van der Waals surface area contributed by atoms with E-state index in [9.17, 15) is 4.79 Å². The second-order valence-corrected chi connectivity index (χ2v) is 3.40. The van der Waals surface area contributed by atoms with E-state index in [1.165, 1.54) is 7.11 Å². The van der Waals surface area contributed by atoms with Crippen molar-refractivity contribution in [2.75, 3.05) is 12.4 Å². The van der Waals surface area contributed by atoms with Crippen LogP contribution in [0, 0.1) is 6.92 Å². The third kappa shape index (κ3) is 2.56. The van der Waals surface area contributed by atoms with Crippen molar-refractivity contribution in [2.24, 2.45) is 0 Å². The number of nitrogens with one attached hydrogen (secondary N) is 2. The molecule has 0 aromatic carbocycles. The summed E-state index contributed by atoms with van der Waals surface area (Å²) in [5, 5.41) is 9.62. The van der Waals surface area contributed by atoms with Gasteiger partial charge in [0.25, 0.3) is 5.91 Å². The van der Waals surface area contributed by atoms with Crippen molar-refractivity contribution in [1.29, 1.82) is 0 Å². The van der Waals surface area contributed by atoms with Gasteiger partial charge in [-0.25, -0.2) is 0 Å². The lowest BCUT2D eigenvalue weighted by atomic mass is 10.2. The van der Waals surface area contributed by atoms with Crippen LogP contribution < -0.4 is 5.32 Å². The first-order chi connectivity index (χ1) is 7.10. The highest BCUT2D eigenvalue weighted by Crippen LogP contribution is 2.15. The number of hydrogen-bond acceptors (Lipinski definition) is 3. The standard InChI is InChI=1S/C10H17N3O2/c1-5-8-6(2)9(13-12-8)11-10(14)7(3)15-4/h7H,5H2,1-4H3,(H2,11,12,13,14)/t7-/m0/s1. The molecule has 1 aromatic heterocycles. The lowest BCUT2D eigenvalue weighted by Crippen LogP contribution is -2.27. The predicted octanol–water partition coefficient (Wildman–Crippen LogP) is 1.25. The molecule has 1 amide bonds. The maximum absolute atomic E-state index is 11.5. The molecule has 1 rings (SSSR count). The lowest BCUT2D eigenvalue weighted by Gasteiger charge is -2.08. The molecule has 0 aliphatic carbocycles. The minimum absolute atomic E-state index is 0.185. The van der Waals surface area contributed by atoms with Gasteiger partial charge < -0.3 is 10.1 Å². The molecule has 84 valence electrons. The minimum atomic E-state index is -0.467. The Kier molecular flexibility index (Phi) is 3.85. The molecule has 1 heterocycles. The highest BCUT2D eigenvalue weighted by molar-refractivity contribution is 5.93. The number of rotatable bonds is 4. The SMILES string of the molecule is CCc1[nH]nc(NC(=O)[C@H](C)OC)c1C. The molecule has 0 saturated carbocycles. The van der Waals surface area contributed by atoms with Gasteiger partial charge in [0.2, 0.25) is 0 Å². The summed E-state index contributed by atoms with van der Waals surface area (Å²) in [6.45, 7) is 5.65. The molecule has 1 aromatic rings. The number of ether oxygens (including phenoxy) is 1. The molecule has 0 fully saturated rings. The van der Waals surface area contributed by atoms with Crippen molar-refractivity contribution >= 4 is 11.7 Å². The summed E-state index contributed by atoms with van der Waals surface area (Å²) in [6, 6.07) is 0. The van der Waals surface area contributed by atoms with Gasteiger partial charge in [0.1, 0.15) is 6.10 Å². The first kappa shape index (κ1) is 11.7. The first-order valence-electron chi connectivity index (χ1n) is 4.97. The van der Waals surface area contributed by atoms with Crippen molar-refractivity contribution in [3.05, 3.63) is 11.3 Å². The smallest absolute Gasteiger partial charge is 0.254 e. The monoisotopic (exact) mass is 211 g/mol. The van der Waals surface area contributed by atoms with Crippen LogP contribution >= 0.6 is 0 Å². The third-order valence-corrected chi connectivity index (χ3v) is 2.43. The number of carbonyl (C=O) groups is 1. The van der Waals surface area contributed by atoms with E-state index in [0.717, 1.165) is 17.7 Å². The fourth-order valence-corrected chi connectivity index (χ4v) is 1.23. The Morgan fingerprint density at radius 3 is 2.80 bits per heavy atom. The zero-order valence-electron chi connectivity index (χ0n) is 9.55. The summed E-state index contributed by atoms with van der Waals surface area (Å²) in [5.41, 5.74) is 2.02. The molecule has 0 saturated heterocycles. The number of amides is 1. The van der Waals surface area contributed by atoms with E-state index >= 15 is 0 Å². The third-order valence-electron chi connectivity index (χ3n) is 2.43. The van der Waals surface area contributed by atoms with E-state index in [4.69, 9.17) is 4.74 Å². The van der Waals surface area contributed by atoms with Gasteiger partial charge in [-0.2, -0.15) is 5.10 Å². The van der Waals surface area contributed by atoms with Crippen LogP contribution in [0.1, 0.15) is 25.1 Å². The molecular formula is C10H17N3O2. The van der Waals surface area contributed by atoms with E-state index in [1.807, 2.05) is 13.8 Å². The topological polar surface area (TPSA) is 67.0 Å². The fraction of sp³-hybridized carbons (Fsp3) is 0.600. The quantitative estimate of drug-likeness (QED) is 0.787. The summed E-state index contributed by atoms with van der Waals surface area (Å²) in [4.78, 5) is 11.5. The number of methoxy groups -OCH3 is 1. The average molecular weight is 211 g/mol. The maximum Gasteiger partial charge on any atom is 0.254 e. The van der Waals surface area contributed by atoms with Gasteiger partial charge in [-0.05, 0) is 20.3 Å². The van der Waals surface area contributed by atoms with E-state index in [-0.39, 0.29) is 5.91 Å². The first-order valence-corrected chi connectivity index (χ1v) is 4.97. The Balaban J connectivity index is 2.72. The van der Waals surface area contributed by atoms with E-state index < -0.39 is 6.10 Å². The summed E-state index contributed by atoms with van der Waals surface area (Å²) in [6.07, 6.45) is 0.403. The molecule has 5 nitrogen and oxygen atoms in total. The van der Waals surface area contributed by atoms with Gasteiger partial charge in [0, 0.05) is 18.4 Å². The van der Waals surface area contributed by atoms with Crippen LogP contribution in [0.2, 0.25) is 0 Å². The number of H-pyrrole nitrogens is 1. The van der Waals surface area contributed by atoms with E-state index in [0.29, 0.717) is 5.82 Å². The van der Waals surface area contributed by atoms with Gasteiger partial charge in [0.05, 0.1) is 0 Å². The number of aromatic nitrogens is 2.